The third-order valence-corrected chi connectivity index (χ3v) is 2.62. The van der Waals surface area contributed by atoms with Crippen LogP contribution in [0.1, 0.15) is 18.3 Å². The second-order valence-corrected chi connectivity index (χ2v) is 3.95. The van der Waals surface area contributed by atoms with Gasteiger partial charge in [-0.15, -0.1) is 10.2 Å². The molecular formula is C13H17N3O. The Morgan fingerprint density at radius 1 is 1.35 bits per heavy atom. The van der Waals surface area contributed by atoms with Crippen molar-refractivity contribution in [2.75, 3.05) is 6.61 Å². The van der Waals surface area contributed by atoms with Gasteiger partial charge in [0, 0.05) is 13.0 Å². The molecule has 0 spiro atoms. The molecule has 0 N–H and O–H groups in total. The molecule has 1 heterocycles. The summed E-state index contributed by atoms with van der Waals surface area (Å²) in [5.74, 6) is 1.88. The molecule has 4 nitrogen and oxygen atoms in total. The average molecular weight is 231 g/mol. The number of aromatic nitrogens is 3. The largest absolute Gasteiger partial charge is 0.493 e. The molecule has 0 aliphatic carbocycles. The molecule has 0 saturated carbocycles. The molecule has 17 heavy (non-hydrogen) atoms. The first kappa shape index (κ1) is 11.6. The first-order valence-electron chi connectivity index (χ1n) is 5.85. The van der Waals surface area contributed by atoms with Gasteiger partial charge in [-0.3, -0.25) is 0 Å². The lowest BCUT2D eigenvalue weighted by Crippen LogP contribution is -2.07. The van der Waals surface area contributed by atoms with E-state index in [2.05, 4.69) is 30.1 Å². The van der Waals surface area contributed by atoms with Gasteiger partial charge in [0.1, 0.15) is 17.9 Å². The maximum atomic E-state index is 5.68. The second kappa shape index (κ2) is 5.48. The molecule has 1 aromatic carbocycles. The summed E-state index contributed by atoms with van der Waals surface area (Å²) in [6, 6.07) is 8.06. The second-order valence-electron chi connectivity index (χ2n) is 3.95. The van der Waals surface area contributed by atoms with E-state index in [0.29, 0.717) is 6.61 Å². The van der Waals surface area contributed by atoms with E-state index in [-0.39, 0.29) is 0 Å². The maximum absolute atomic E-state index is 5.68. The molecule has 4 heteroatoms. The Bertz CT molecular complexity index is 479. The van der Waals surface area contributed by atoms with E-state index in [1.54, 1.807) is 6.33 Å². The van der Waals surface area contributed by atoms with Gasteiger partial charge >= 0.3 is 0 Å². The van der Waals surface area contributed by atoms with E-state index in [9.17, 15) is 0 Å². The summed E-state index contributed by atoms with van der Waals surface area (Å²) in [7, 11) is 0. The van der Waals surface area contributed by atoms with E-state index < -0.39 is 0 Å². The van der Waals surface area contributed by atoms with Crippen molar-refractivity contribution in [3.05, 3.63) is 42.0 Å². The molecule has 0 unspecified atom stereocenters. The number of benzene rings is 1. The topological polar surface area (TPSA) is 39.9 Å². The highest BCUT2D eigenvalue weighted by Crippen LogP contribution is 2.12. The molecule has 0 amide bonds. The Morgan fingerprint density at radius 3 is 3.00 bits per heavy atom. The van der Waals surface area contributed by atoms with Crippen molar-refractivity contribution in [3.63, 3.8) is 0 Å². The minimum atomic E-state index is 0.627. The van der Waals surface area contributed by atoms with Crippen LogP contribution in [0.25, 0.3) is 0 Å². The minimum absolute atomic E-state index is 0.627. The predicted octanol–water partition coefficient (Wildman–Crippen LogP) is 2.23. The highest BCUT2D eigenvalue weighted by molar-refractivity contribution is 5.27. The standard InChI is InChI=1S/C13H17N3O/c1-3-16-10-14-15-13(16)7-8-17-12-6-4-5-11(2)9-12/h4-6,9-10H,3,7-8H2,1-2H3. The van der Waals surface area contributed by atoms with Gasteiger partial charge < -0.3 is 9.30 Å². The number of aryl methyl sites for hydroxylation is 2. The van der Waals surface area contributed by atoms with Gasteiger partial charge in [-0.05, 0) is 31.5 Å². The Kier molecular flexibility index (Phi) is 3.75. The van der Waals surface area contributed by atoms with Crippen LogP contribution >= 0.6 is 0 Å². The summed E-state index contributed by atoms with van der Waals surface area (Å²) in [6.45, 7) is 5.66. The van der Waals surface area contributed by atoms with Crippen LogP contribution in [-0.4, -0.2) is 21.4 Å². The van der Waals surface area contributed by atoms with E-state index in [0.717, 1.165) is 24.5 Å². The molecule has 90 valence electrons. The number of rotatable bonds is 5. The van der Waals surface area contributed by atoms with Crippen molar-refractivity contribution in [1.82, 2.24) is 14.8 Å². The zero-order valence-electron chi connectivity index (χ0n) is 10.3. The van der Waals surface area contributed by atoms with Crippen molar-refractivity contribution in [2.24, 2.45) is 0 Å². The molecule has 0 aliphatic rings. The molecule has 0 bridgehead atoms. The van der Waals surface area contributed by atoms with Crippen LogP contribution in [0.2, 0.25) is 0 Å². The molecular weight excluding hydrogens is 214 g/mol. The average Bonchev–Trinajstić information content (AvgIpc) is 2.77. The smallest absolute Gasteiger partial charge is 0.136 e. The molecule has 1 aromatic heterocycles. The van der Waals surface area contributed by atoms with Crippen molar-refractivity contribution < 1.29 is 4.74 Å². The highest BCUT2D eigenvalue weighted by Gasteiger charge is 2.02. The summed E-state index contributed by atoms with van der Waals surface area (Å²) < 4.78 is 7.71. The third kappa shape index (κ3) is 3.06. The zero-order valence-corrected chi connectivity index (χ0v) is 10.3. The number of nitrogens with zero attached hydrogens (tertiary/aromatic N) is 3. The SMILES string of the molecule is CCn1cnnc1CCOc1cccc(C)c1. The van der Waals surface area contributed by atoms with Crippen LogP contribution in [0, 0.1) is 6.92 Å². The monoisotopic (exact) mass is 231 g/mol. The first-order chi connectivity index (χ1) is 8.29. The normalized spacial score (nSPS) is 10.5. The molecule has 2 rings (SSSR count). The molecule has 0 aliphatic heterocycles. The molecule has 0 radical (unpaired) electrons. The molecule has 2 aromatic rings. The Labute approximate surface area is 101 Å². The van der Waals surface area contributed by atoms with Crippen molar-refractivity contribution in [2.45, 2.75) is 26.8 Å². The Morgan fingerprint density at radius 2 is 2.24 bits per heavy atom. The van der Waals surface area contributed by atoms with Gasteiger partial charge in [0.15, 0.2) is 0 Å². The summed E-state index contributed by atoms with van der Waals surface area (Å²) in [6.07, 6.45) is 2.53. The van der Waals surface area contributed by atoms with Crippen LogP contribution in [0.3, 0.4) is 0 Å². The highest BCUT2D eigenvalue weighted by atomic mass is 16.5. The van der Waals surface area contributed by atoms with Gasteiger partial charge in [0.25, 0.3) is 0 Å². The minimum Gasteiger partial charge on any atom is -0.493 e. The van der Waals surface area contributed by atoms with Gasteiger partial charge in [0.05, 0.1) is 6.61 Å². The van der Waals surface area contributed by atoms with Crippen molar-refractivity contribution in [3.8, 4) is 5.75 Å². The number of hydrogen-bond donors (Lipinski definition) is 0. The van der Waals surface area contributed by atoms with Crippen LogP contribution in [-0.2, 0) is 13.0 Å². The van der Waals surface area contributed by atoms with Crippen LogP contribution in [0.15, 0.2) is 30.6 Å². The summed E-state index contributed by atoms with van der Waals surface area (Å²) in [5, 5.41) is 7.96. The predicted molar refractivity (Wildman–Crippen MR) is 66.1 cm³/mol. The number of ether oxygens (including phenoxy) is 1. The Hall–Kier alpha value is -1.84. The van der Waals surface area contributed by atoms with E-state index in [4.69, 9.17) is 4.74 Å². The van der Waals surface area contributed by atoms with E-state index in [1.807, 2.05) is 22.8 Å². The third-order valence-electron chi connectivity index (χ3n) is 2.62. The number of hydrogen-bond acceptors (Lipinski definition) is 3. The van der Waals surface area contributed by atoms with Gasteiger partial charge in [0.2, 0.25) is 0 Å². The lowest BCUT2D eigenvalue weighted by Gasteiger charge is -2.07. The fourth-order valence-corrected chi connectivity index (χ4v) is 1.70. The Balaban J connectivity index is 1.87. The van der Waals surface area contributed by atoms with E-state index in [1.165, 1.54) is 5.56 Å². The van der Waals surface area contributed by atoms with E-state index >= 15 is 0 Å². The lowest BCUT2D eigenvalue weighted by atomic mass is 10.2. The maximum Gasteiger partial charge on any atom is 0.136 e. The molecule has 0 saturated heterocycles. The van der Waals surface area contributed by atoms with Crippen LogP contribution < -0.4 is 4.74 Å². The summed E-state index contributed by atoms with van der Waals surface area (Å²) in [4.78, 5) is 0. The van der Waals surface area contributed by atoms with Crippen LogP contribution in [0.5, 0.6) is 5.75 Å². The summed E-state index contributed by atoms with van der Waals surface area (Å²) in [5.41, 5.74) is 1.21. The fourth-order valence-electron chi connectivity index (χ4n) is 1.70. The zero-order chi connectivity index (χ0) is 12.1. The quantitative estimate of drug-likeness (QED) is 0.792. The fraction of sp³-hybridized carbons (Fsp3) is 0.385. The van der Waals surface area contributed by atoms with Crippen molar-refractivity contribution >= 4 is 0 Å². The summed E-state index contributed by atoms with van der Waals surface area (Å²) >= 11 is 0. The first-order valence-corrected chi connectivity index (χ1v) is 5.85. The molecule has 0 fully saturated rings. The van der Waals surface area contributed by atoms with Crippen molar-refractivity contribution in [1.29, 1.82) is 0 Å². The van der Waals surface area contributed by atoms with Crippen LogP contribution in [0.4, 0.5) is 0 Å². The molecule has 0 atom stereocenters. The van der Waals surface area contributed by atoms with Gasteiger partial charge in [-0.2, -0.15) is 0 Å². The van der Waals surface area contributed by atoms with Gasteiger partial charge in [-0.1, -0.05) is 12.1 Å². The van der Waals surface area contributed by atoms with Gasteiger partial charge in [-0.25, -0.2) is 0 Å². The lowest BCUT2D eigenvalue weighted by molar-refractivity contribution is 0.316.